The van der Waals surface area contributed by atoms with E-state index in [0.717, 1.165) is 5.56 Å². The van der Waals surface area contributed by atoms with Crippen LogP contribution >= 0.6 is 15.9 Å². The summed E-state index contributed by atoms with van der Waals surface area (Å²) in [6.07, 6.45) is 3.34. The van der Waals surface area contributed by atoms with Crippen LogP contribution in [0.5, 0.6) is 11.5 Å². The highest BCUT2D eigenvalue weighted by atomic mass is 79.9. The van der Waals surface area contributed by atoms with Crippen LogP contribution in [-0.4, -0.2) is 22.0 Å². The lowest BCUT2D eigenvalue weighted by Crippen LogP contribution is -2.03. The van der Waals surface area contributed by atoms with Gasteiger partial charge in [-0.15, -0.1) is 0 Å². The van der Waals surface area contributed by atoms with Crippen LogP contribution in [0.25, 0.3) is 0 Å². The molecule has 2 aromatic rings. The van der Waals surface area contributed by atoms with Gasteiger partial charge < -0.3 is 15.8 Å². The first kappa shape index (κ1) is 14.5. The fraction of sp³-hybridized carbons (Fsp3) is 0.308. The predicted octanol–water partition coefficient (Wildman–Crippen LogP) is 3.17. The van der Waals surface area contributed by atoms with Crippen LogP contribution in [0.2, 0.25) is 0 Å². The van der Waals surface area contributed by atoms with Gasteiger partial charge in [-0.05, 0) is 21.8 Å². The molecule has 7 heteroatoms. The Kier molecular flexibility index (Phi) is 4.39. The van der Waals surface area contributed by atoms with Gasteiger partial charge >= 0.3 is 0 Å². The molecule has 0 atom stereocenters. The van der Waals surface area contributed by atoms with Crippen LogP contribution in [0.1, 0.15) is 25.3 Å². The average molecular weight is 338 g/mol. The molecule has 0 saturated heterocycles. The SMILES string of the molecule is CNc1nc(N)ncc1Oc1cc(Br)ncc1C(C)C. The lowest BCUT2D eigenvalue weighted by atomic mass is 10.1. The highest BCUT2D eigenvalue weighted by Crippen LogP contribution is 2.34. The molecule has 0 radical (unpaired) electrons. The first-order chi connectivity index (χ1) is 9.51. The predicted molar refractivity (Wildman–Crippen MR) is 82.1 cm³/mol. The quantitative estimate of drug-likeness (QED) is 0.833. The monoisotopic (exact) mass is 337 g/mol. The van der Waals surface area contributed by atoms with E-state index in [1.54, 1.807) is 19.4 Å². The molecule has 0 aromatic carbocycles. The Hall–Kier alpha value is -1.89. The Morgan fingerprint density at radius 3 is 2.65 bits per heavy atom. The number of nitrogens with two attached hydrogens (primary N) is 1. The number of aromatic nitrogens is 3. The van der Waals surface area contributed by atoms with Crippen molar-refractivity contribution in [3.05, 3.63) is 28.6 Å². The summed E-state index contributed by atoms with van der Waals surface area (Å²) in [5.74, 6) is 2.26. The second kappa shape index (κ2) is 6.04. The van der Waals surface area contributed by atoms with Crippen LogP contribution < -0.4 is 15.8 Å². The van der Waals surface area contributed by atoms with Crippen LogP contribution in [0.4, 0.5) is 11.8 Å². The van der Waals surface area contributed by atoms with E-state index in [1.807, 2.05) is 6.07 Å². The largest absolute Gasteiger partial charge is 0.451 e. The van der Waals surface area contributed by atoms with Crippen molar-refractivity contribution in [3.63, 3.8) is 0 Å². The van der Waals surface area contributed by atoms with E-state index in [2.05, 4.69) is 50.0 Å². The molecule has 0 aliphatic carbocycles. The molecule has 2 heterocycles. The summed E-state index contributed by atoms with van der Waals surface area (Å²) in [5, 5.41) is 2.94. The molecule has 3 N–H and O–H groups in total. The topological polar surface area (TPSA) is 86.0 Å². The summed E-state index contributed by atoms with van der Waals surface area (Å²) in [5.41, 5.74) is 6.57. The molecule has 0 fully saturated rings. The Labute approximate surface area is 125 Å². The number of anilines is 2. The van der Waals surface area contributed by atoms with E-state index < -0.39 is 0 Å². The van der Waals surface area contributed by atoms with Crippen LogP contribution in [0, 0.1) is 0 Å². The van der Waals surface area contributed by atoms with E-state index in [9.17, 15) is 0 Å². The van der Waals surface area contributed by atoms with Crippen LogP contribution in [0.3, 0.4) is 0 Å². The summed E-state index contributed by atoms with van der Waals surface area (Å²) in [6, 6.07) is 1.82. The van der Waals surface area contributed by atoms with Crippen molar-refractivity contribution < 1.29 is 4.74 Å². The molecular weight excluding hydrogens is 322 g/mol. The molecule has 0 saturated carbocycles. The van der Waals surface area contributed by atoms with Gasteiger partial charge in [0.2, 0.25) is 5.95 Å². The molecule has 0 aliphatic heterocycles. The zero-order valence-corrected chi connectivity index (χ0v) is 13.1. The van der Waals surface area contributed by atoms with Crippen molar-refractivity contribution in [2.75, 3.05) is 18.1 Å². The molecule has 2 aromatic heterocycles. The van der Waals surface area contributed by atoms with Gasteiger partial charge in [-0.3, -0.25) is 0 Å². The third-order valence-corrected chi connectivity index (χ3v) is 3.15. The highest BCUT2D eigenvalue weighted by Gasteiger charge is 2.13. The maximum atomic E-state index is 5.92. The fourth-order valence-corrected chi connectivity index (χ4v) is 2.01. The standard InChI is InChI=1S/C13H16BrN5O/c1-7(2)8-5-17-11(14)4-9(8)20-10-6-18-13(15)19-12(10)16-3/h4-7H,1-3H3,(H3,15,16,18,19). The van der Waals surface area contributed by atoms with Gasteiger partial charge in [-0.2, -0.15) is 4.98 Å². The molecule has 106 valence electrons. The molecular formula is C13H16BrN5O. The molecule has 0 unspecified atom stereocenters. The second-order valence-electron chi connectivity index (χ2n) is 4.49. The van der Waals surface area contributed by atoms with Crippen molar-refractivity contribution in [1.82, 2.24) is 15.0 Å². The van der Waals surface area contributed by atoms with E-state index in [-0.39, 0.29) is 5.95 Å². The number of nitrogens with zero attached hydrogens (tertiary/aromatic N) is 3. The zero-order valence-electron chi connectivity index (χ0n) is 11.5. The van der Waals surface area contributed by atoms with Gasteiger partial charge in [0.1, 0.15) is 10.4 Å². The Bertz CT molecular complexity index is 618. The number of halogens is 1. The fourth-order valence-electron chi connectivity index (χ4n) is 1.70. The number of nitrogen functional groups attached to an aromatic ring is 1. The maximum absolute atomic E-state index is 5.92. The Morgan fingerprint density at radius 2 is 2.00 bits per heavy atom. The lowest BCUT2D eigenvalue weighted by Gasteiger charge is -2.15. The minimum absolute atomic E-state index is 0.196. The van der Waals surface area contributed by atoms with E-state index in [0.29, 0.717) is 27.8 Å². The second-order valence-corrected chi connectivity index (χ2v) is 5.31. The zero-order chi connectivity index (χ0) is 14.7. The van der Waals surface area contributed by atoms with Crippen molar-refractivity contribution in [2.45, 2.75) is 19.8 Å². The minimum Gasteiger partial charge on any atom is -0.451 e. The van der Waals surface area contributed by atoms with Gasteiger partial charge in [0.15, 0.2) is 11.6 Å². The Balaban J connectivity index is 2.41. The summed E-state index contributed by atoms with van der Waals surface area (Å²) in [4.78, 5) is 12.3. The normalized spacial score (nSPS) is 10.7. The molecule has 6 nitrogen and oxygen atoms in total. The summed E-state index contributed by atoms with van der Waals surface area (Å²) in [7, 11) is 1.75. The average Bonchev–Trinajstić information content (AvgIpc) is 2.40. The van der Waals surface area contributed by atoms with Crippen molar-refractivity contribution in [2.24, 2.45) is 0 Å². The first-order valence-electron chi connectivity index (χ1n) is 6.14. The van der Waals surface area contributed by atoms with E-state index >= 15 is 0 Å². The number of hydrogen-bond donors (Lipinski definition) is 2. The smallest absolute Gasteiger partial charge is 0.222 e. The lowest BCUT2D eigenvalue weighted by molar-refractivity contribution is 0.469. The molecule has 20 heavy (non-hydrogen) atoms. The number of rotatable bonds is 4. The summed E-state index contributed by atoms with van der Waals surface area (Å²) < 4.78 is 6.62. The maximum Gasteiger partial charge on any atom is 0.222 e. The highest BCUT2D eigenvalue weighted by molar-refractivity contribution is 9.10. The van der Waals surface area contributed by atoms with Crippen molar-refractivity contribution in [3.8, 4) is 11.5 Å². The van der Waals surface area contributed by atoms with Crippen LogP contribution in [0.15, 0.2) is 23.1 Å². The third kappa shape index (κ3) is 3.16. The molecule has 0 amide bonds. The van der Waals surface area contributed by atoms with Gasteiger partial charge in [0.05, 0.1) is 6.20 Å². The van der Waals surface area contributed by atoms with Crippen LogP contribution in [-0.2, 0) is 0 Å². The number of hydrogen-bond acceptors (Lipinski definition) is 6. The molecule has 0 bridgehead atoms. The van der Waals surface area contributed by atoms with Gasteiger partial charge in [0.25, 0.3) is 0 Å². The van der Waals surface area contributed by atoms with Gasteiger partial charge in [-0.1, -0.05) is 13.8 Å². The molecule has 0 aliphatic rings. The van der Waals surface area contributed by atoms with Crippen molar-refractivity contribution in [1.29, 1.82) is 0 Å². The van der Waals surface area contributed by atoms with Crippen molar-refractivity contribution >= 4 is 27.7 Å². The number of nitrogens with one attached hydrogen (secondary N) is 1. The summed E-state index contributed by atoms with van der Waals surface area (Å²) in [6.45, 7) is 4.16. The molecule has 2 rings (SSSR count). The van der Waals surface area contributed by atoms with Gasteiger partial charge in [0, 0.05) is 24.9 Å². The minimum atomic E-state index is 0.196. The third-order valence-electron chi connectivity index (χ3n) is 2.71. The Morgan fingerprint density at radius 1 is 1.25 bits per heavy atom. The van der Waals surface area contributed by atoms with Gasteiger partial charge in [-0.25, -0.2) is 9.97 Å². The number of pyridine rings is 1. The molecule has 0 spiro atoms. The number of ether oxygens (including phenoxy) is 1. The van der Waals surface area contributed by atoms with E-state index in [1.165, 1.54) is 0 Å². The van der Waals surface area contributed by atoms with E-state index in [4.69, 9.17) is 10.5 Å². The summed E-state index contributed by atoms with van der Waals surface area (Å²) >= 11 is 3.35. The first-order valence-corrected chi connectivity index (χ1v) is 6.94.